The third-order valence-corrected chi connectivity index (χ3v) is 3.03. The van der Waals surface area contributed by atoms with E-state index < -0.39 is 0 Å². The van der Waals surface area contributed by atoms with Crippen LogP contribution < -0.4 is 0 Å². The zero-order chi connectivity index (χ0) is 8.55. The summed E-state index contributed by atoms with van der Waals surface area (Å²) in [6, 6.07) is 0. The number of β-amino-alcohol motifs (C(OH)–C–C–N with tert-alkyl or cyclic N) is 1. The Bertz CT molecular complexity index is 159. The van der Waals surface area contributed by atoms with Gasteiger partial charge in [-0.2, -0.15) is 0 Å². The standard InChI is InChI=1S/C9H18N2O/c1-10-5-8(9(12)7-10)6-11-3-2-4-11/h8-9,12H,2-7H2,1H3. The Balaban J connectivity index is 1.79. The molecule has 2 aliphatic rings. The number of hydrogen-bond acceptors (Lipinski definition) is 3. The first-order chi connectivity index (χ1) is 5.75. The molecule has 2 unspecified atom stereocenters. The van der Waals surface area contributed by atoms with Gasteiger partial charge in [-0.3, -0.25) is 0 Å². The summed E-state index contributed by atoms with van der Waals surface area (Å²) < 4.78 is 0. The molecule has 2 saturated heterocycles. The largest absolute Gasteiger partial charge is 0.391 e. The summed E-state index contributed by atoms with van der Waals surface area (Å²) in [5.74, 6) is 0.496. The number of aliphatic hydroxyl groups excluding tert-OH is 1. The lowest BCUT2D eigenvalue weighted by molar-refractivity contribution is 0.0891. The van der Waals surface area contributed by atoms with E-state index in [0.29, 0.717) is 5.92 Å². The molecule has 0 bridgehead atoms. The van der Waals surface area contributed by atoms with Gasteiger partial charge >= 0.3 is 0 Å². The van der Waals surface area contributed by atoms with E-state index in [1.165, 1.54) is 19.5 Å². The molecule has 3 nitrogen and oxygen atoms in total. The Labute approximate surface area is 74.0 Å². The molecule has 12 heavy (non-hydrogen) atoms. The Hall–Kier alpha value is -0.120. The second kappa shape index (κ2) is 3.32. The third kappa shape index (κ3) is 1.63. The van der Waals surface area contributed by atoms with Crippen LogP contribution in [0, 0.1) is 5.92 Å². The minimum Gasteiger partial charge on any atom is -0.391 e. The van der Waals surface area contributed by atoms with Crippen LogP contribution in [0.3, 0.4) is 0 Å². The van der Waals surface area contributed by atoms with Gasteiger partial charge in [0.2, 0.25) is 0 Å². The summed E-state index contributed by atoms with van der Waals surface area (Å²) in [4.78, 5) is 4.65. The van der Waals surface area contributed by atoms with E-state index >= 15 is 0 Å². The molecule has 70 valence electrons. The van der Waals surface area contributed by atoms with Crippen molar-refractivity contribution in [3.63, 3.8) is 0 Å². The molecule has 2 rings (SSSR count). The van der Waals surface area contributed by atoms with E-state index in [4.69, 9.17) is 0 Å². The monoisotopic (exact) mass is 170 g/mol. The average Bonchev–Trinajstić information content (AvgIpc) is 2.21. The van der Waals surface area contributed by atoms with Crippen molar-refractivity contribution in [1.29, 1.82) is 0 Å². The fourth-order valence-electron chi connectivity index (χ4n) is 2.14. The average molecular weight is 170 g/mol. The topological polar surface area (TPSA) is 26.7 Å². The number of nitrogens with zero attached hydrogens (tertiary/aromatic N) is 2. The highest BCUT2D eigenvalue weighted by molar-refractivity contribution is 4.85. The van der Waals surface area contributed by atoms with Crippen molar-refractivity contribution < 1.29 is 5.11 Å². The first kappa shape index (κ1) is 8.48. The fourth-order valence-corrected chi connectivity index (χ4v) is 2.14. The van der Waals surface area contributed by atoms with Gasteiger partial charge in [-0.25, -0.2) is 0 Å². The van der Waals surface area contributed by atoms with Crippen LogP contribution in [0.1, 0.15) is 6.42 Å². The Kier molecular flexibility index (Phi) is 2.35. The van der Waals surface area contributed by atoms with Gasteiger partial charge in [0.05, 0.1) is 6.10 Å². The molecule has 0 aliphatic carbocycles. The van der Waals surface area contributed by atoms with Gasteiger partial charge < -0.3 is 14.9 Å². The zero-order valence-corrected chi connectivity index (χ0v) is 7.74. The van der Waals surface area contributed by atoms with Crippen molar-refractivity contribution in [1.82, 2.24) is 9.80 Å². The smallest absolute Gasteiger partial charge is 0.0719 e. The molecule has 0 aromatic heterocycles. The normalized spacial score (nSPS) is 38.5. The van der Waals surface area contributed by atoms with Crippen LogP contribution in [0.2, 0.25) is 0 Å². The van der Waals surface area contributed by atoms with Gasteiger partial charge in [0.15, 0.2) is 0 Å². The van der Waals surface area contributed by atoms with Crippen molar-refractivity contribution in [3.05, 3.63) is 0 Å². The van der Waals surface area contributed by atoms with Crippen molar-refractivity contribution in [2.75, 3.05) is 39.8 Å². The van der Waals surface area contributed by atoms with Gasteiger partial charge in [-0.05, 0) is 26.6 Å². The number of likely N-dealkylation sites (N-methyl/N-ethyl adjacent to an activating group) is 1. The molecular formula is C9H18N2O. The van der Waals surface area contributed by atoms with E-state index in [1.54, 1.807) is 0 Å². The van der Waals surface area contributed by atoms with E-state index in [2.05, 4.69) is 16.8 Å². The van der Waals surface area contributed by atoms with Crippen LogP contribution in [0.15, 0.2) is 0 Å². The molecular weight excluding hydrogens is 152 g/mol. The van der Waals surface area contributed by atoms with Crippen molar-refractivity contribution in [2.45, 2.75) is 12.5 Å². The number of likely N-dealkylation sites (tertiary alicyclic amines) is 2. The van der Waals surface area contributed by atoms with Gasteiger partial charge in [0, 0.05) is 25.6 Å². The summed E-state index contributed by atoms with van der Waals surface area (Å²) in [6.07, 6.45) is 1.26. The van der Waals surface area contributed by atoms with Crippen molar-refractivity contribution in [2.24, 2.45) is 5.92 Å². The van der Waals surface area contributed by atoms with E-state index in [1.807, 2.05) is 0 Å². The second-order valence-electron chi connectivity index (χ2n) is 4.20. The molecule has 2 atom stereocenters. The molecule has 0 saturated carbocycles. The predicted molar refractivity (Wildman–Crippen MR) is 48.1 cm³/mol. The predicted octanol–water partition coefficient (Wildman–Crippen LogP) is -0.385. The van der Waals surface area contributed by atoms with Crippen LogP contribution in [-0.2, 0) is 0 Å². The molecule has 0 radical (unpaired) electrons. The van der Waals surface area contributed by atoms with Crippen LogP contribution in [0.4, 0.5) is 0 Å². The molecule has 0 amide bonds. The van der Waals surface area contributed by atoms with Crippen LogP contribution >= 0.6 is 0 Å². The second-order valence-corrected chi connectivity index (χ2v) is 4.20. The Morgan fingerprint density at radius 2 is 2.08 bits per heavy atom. The summed E-state index contributed by atoms with van der Waals surface area (Å²) in [5, 5.41) is 9.66. The van der Waals surface area contributed by atoms with E-state index in [-0.39, 0.29) is 6.10 Å². The maximum Gasteiger partial charge on any atom is 0.0719 e. The maximum atomic E-state index is 9.66. The lowest BCUT2D eigenvalue weighted by Gasteiger charge is -2.33. The molecule has 3 heteroatoms. The molecule has 2 aliphatic heterocycles. The van der Waals surface area contributed by atoms with Crippen LogP contribution in [0.5, 0.6) is 0 Å². The quantitative estimate of drug-likeness (QED) is 0.611. The lowest BCUT2D eigenvalue weighted by atomic mass is 10.0. The minimum atomic E-state index is -0.0874. The molecule has 0 aromatic rings. The highest BCUT2D eigenvalue weighted by atomic mass is 16.3. The minimum absolute atomic E-state index is 0.0874. The Morgan fingerprint density at radius 3 is 2.50 bits per heavy atom. The summed E-state index contributed by atoms with van der Waals surface area (Å²) >= 11 is 0. The zero-order valence-electron chi connectivity index (χ0n) is 7.74. The first-order valence-electron chi connectivity index (χ1n) is 4.84. The van der Waals surface area contributed by atoms with Gasteiger partial charge in [-0.15, -0.1) is 0 Å². The molecule has 0 spiro atoms. The summed E-state index contributed by atoms with van der Waals surface area (Å²) in [6.45, 7) is 5.52. The third-order valence-electron chi connectivity index (χ3n) is 3.03. The number of aliphatic hydroxyl groups is 1. The van der Waals surface area contributed by atoms with Gasteiger partial charge in [0.25, 0.3) is 0 Å². The van der Waals surface area contributed by atoms with Crippen LogP contribution in [-0.4, -0.2) is 60.8 Å². The number of rotatable bonds is 2. The van der Waals surface area contributed by atoms with Gasteiger partial charge in [0.1, 0.15) is 0 Å². The lowest BCUT2D eigenvalue weighted by Crippen LogP contribution is -2.42. The molecule has 2 fully saturated rings. The first-order valence-corrected chi connectivity index (χ1v) is 4.84. The summed E-state index contributed by atoms with van der Waals surface area (Å²) in [7, 11) is 2.08. The Morgan fingerprint density at radius 1 is 1.33 bits per heavy atom. The molecule has 1 N–H and O–H groups in total. The van der Waals surface area contributed by atoms with Crippen LogP contribution in [0.25, 0.3) is 0 Å². The SMILES string of the molecule is CN1CC(O)C(CN2CCC2)C1. The maximum absolute atomic E-state index is 9.66. The molecule has 2 heterocycles. The molecule has 0 aromatic carbocycles. The number of hydrogen-bond donors (Lipinski definition) is 1. The fraction of sp³-hybridized carbons (Fsp3) is 1.00. The highest BCUT2D eigenvalue weighted by Gasteiger charge is 2.31. The van der Waals surface area contributed by atoms with Gasteiger partial charge in [-0.1, -0.05) is 0 Å². The summed E-state index contributed by atoms with van der Waals surface area (Å²) in [5.41, 5.74) is 0. The van der Waals surface area contributed by atoms with Crippen molar-refractivity contribution in [3.8, 4) is 0 Å². The van der Waals surface area contributed by atoms with E-state index in [9.17, 15) is 5.11 Å². The van der Waals surface area contributed by atoms with Crippen molar-refractivity contribution >= 4 is 0 Å². The van der Waals surface area contributed by atoms with E-state index in [0.717, 1.165) is 19.6 Å². The highest BCUT2D eigenvalue weighted by Crippen LogP contribution is 2.19.